The van der Waals surface area contributed by atoms with Gasteiger partial charge < -0.3 is 20.1 Å². The monoisotopic (exact) mass is 509 g/mol. The predicted molar refractivity (Wildman–Crippen MR) is 112 cm³/mol. The highest BCUT2D eigenvalue weighted by Gasteiger charge is 2.44. The molecule has 1 spiro atoms. The van der Waals surface area contributed by atoms with Gasteiger partial charge in [-0.15, -0.1) is 0 Å². The summed E-state index contributed by atoms with van der Waals surface area (Å²) in [5.74, 6) is -4.12. The number of hydrogen-bond acceptors (Lipinski definition) is 7. The molecule has 3 rings (SSSR count). The van der Waals surface area contributed by atoms with Gasteiger partial charge >= 0.3 is 12.1 Å². The zero-order valence-electron chi connectivity index (χ0n) is 18.5. The van der Waals surface area contributed by atoms with Gasteiger partial charge in [0.2, 0.25) is 5.91 Å². The molecule has 1 unspecified atom stereocenters. The first-order valence-corrected chi connectivity index (χ1v) is 11.7. The first kappa shape index (κ1) is 27.5. The van der Waals surface area contributed by atoms with Gasteiger partial charge in [0.15, 0.2) is 0 Å². The van der Waals surface area contributed by atoms with Gasteiger partial charge in [-0.3, -0.25) is 9.59 Å². The van der Waals surface area contributed by atoms with E-state index in [1.807, 2.05) is 0 Å². The molecule has 2 heterocycles. The normalized spacial score (nSPS) is 19.6. The van der Waals surface area contributed by atoms with Crippen LogP contribution >= 0.6 is 0 Å². The number of carboxylic acids is 1. The SMILES string of the molecule is CN(C)C(=O)c1cccc(S(=O)(=O)NC(=O)C2COC3(CCNCC3)C2)c1.O=C(O)C(F)(F)F. The van der Waals surface area contributed by atoms with E-state index in [4.69, 9.17) is 14.6 Å². The lowest BCUT2D eigenvalue weighted by Gasteiger charge is -2.32. The number of benzene rings is 1. The zero-order chi connectivity index (χ0) is 25.7. The van der Waals surface area contributed by atoms with Crippen molar-refractivity contribution in [1.82, 2.24) is 14.9 Å². The third kappa shape index (κ3) is 7.14. The van der Waals surface area contributed by atoms with Crippen molar-refractivity contribution in [3.8, 4) is 0 Å². The van der Waals surface area contributed by atoms with Gasteiger partial charge in [0.05, 0.1) is 23.0 Å². The fourth-order valence-electron chi connectivity index (χ4n) is 3.57. The predicted octanol–water partition coefficient (Wildman–Crippen LogP) is 0.985. The van der Waals surface area contributed by atoms with Crippen LogP contribution in [0.3, 0.4) is 0 Å². The van der Waals surface area contributed by atoms with Crippen molar-refractivity contribution in [1.29, 1.82) is 0 Å². The molecular formula is C20H26F3N3O7S. The van der Waals surface area contributed by atoms with Crippen molar-refractivity contribution >= 4 is 27.8 Å². The van der Waals surface area contributed by atoms with Crippen LogP contribution in [0.1, 0.15) is 29.6 Å². The molecule has 0 saturated carbocycles. The molecule has 34 heavy (non-hydrogen) atoms. The number of nitrogens with one attached hydrogen (secondary N) is 2. The summed E-state index contributed by atoms with van der Waals surface area (Å²) in [6.07, 6.45) is -2.92. The molecule has 2 aliphatic rings. The van der Waals surface area contributed by atoms with E-state index in [0.29, 0.717) is 6.42 Å². The molecular weight excluding hydrogens is 483 g/mol. The fraction of sp³-hybridized carbons (Fsp3) is 0.550. The van der Waals surface area contributed by atoms with E-state index in [1.54, 1.807) is 14.1 Å². The van der Waals surface area contributed by atoms with Gasteiger partial charge in [-0.2, -0.15) is 13.2 Å². The number of carbonyl (C=O) groups excluding carboxylic acids is 2. The second kappa shape index (κ2) is 10.7. The molecule has 2 aliphatic heterocycles. The maximum absolute atomic E-state index is 12.6. The Morgan fingerprint density at radius 2 is 1.79 bits per heavy atom. The first-order valence-electron chi connectivity index (χ1n) is 10.2. The lowest BCUT2D eigenvalue weighted by Crippen LogP contribution is -2.42. The molecule has 10 nitrogen and oxygen atoms in total. The number of alkyl halides is 3. The van der Waals surface area contributed by atoms with E-state index in [-0.39, 0.29) is 28.6 Å². The molecule has 1 aromatic rings. The number of rotatable bonds is 4. The lowest BCUT2D eigenvalue weighted by molar-refractivity contribution is -0.192. The molecule has 0 radical (unpaired) electrons. The van der Waals surface area contributed by atoms with Crippen molar-refractivity contribution in [2.45, 2.75) is 35.9 Å². The smallest absolute Gasteiger partial charge is 0.475 e. The summed E-state index contributed by atoms with van der Waals surface area (Å²) in [4.78, 5) is 34.7. The highest BCUT2D eigenvalue weighted by atomic mass is 32.2. The van der Waals surface area contributed by atoms with Crippen LogP contribution < -0.4 is 10.0 Å². The maximum Gasteiger partial charge on any atom is 0.490 e. The second-order valence-electron chi connectivity index (χ2n) is 8.15. The number of aliphatic carboxylic acids is 1. The zero-order valence-corrected chi connectivity index (χ0v) is 19.3. The number of amides is 2. The number of hydrogen-bond donors (Lipinski definition) is 3. The average molecular weight is 510 g/mol. The number of carboxylic acid groups (broad SMARTS) is 1. The molecule has 190 valence electrons. The van der Waals surface area contributed by atoms with Gasteiger partial charge in [-0.1, -0.05) is 6.07 Å². The van der Waals surface area contributed by atoms with Crippen LogP contribution in [-0.2, 0) is 24.3 Å². The minimum absolute atomic E-state index is 0.112. The molecule has 3 N–H and O–H groups in total. The van der Waals surface area contributed by atoms with Gasteiger partial charge in [0.1, 0.15) is 0 Å². The average Bonchev–Trinajstić information content (AvgIpc) is 3.16. The Hall–Kier alpha value is -2.71. The summed E-state index contributed by atoms with van der Waals surface area (Å²) in [5, 5.41) is 10.4. The third-order valence-electron chi connectivity index (χ3n) is 5.37. The van der Waals surface area contributed by atoms with E-state index >= 15 is 0 Å². The molecule has 2 fully saturated rings. The number of nitrogens with zero attached hydrogens (tertiary/aromatic N) is 1. The van der Waals surface area contributed by atoms with Crippen LogP contribution in [0.2, 0.25) is 0 Å². The topological polar surface area (TPSA) is 142 Å². The summed E-state index contributed by atoms with van der Waals surface area (Å²) in [6.45, 7) is 1.89. The van der Waals surface area contributed by atoms with Crippen LogP contribution in [0, 0.1) is 5.92 Å². The van der Waals surface area contributed by atoms with Crippen LogP contribution in [0.25, 0.3) is 0 Å². The Labute approximate surface area is 194 Å². The lowest BCUT2D eigenvalue weighted by atomic mass is 9.86. The van der Waals surface area contributed by atoms with Crippen LogP contribution in [0.5, 0.6) is 0 Å². The summed E-state index contributed by atoms with van der Waals surface area (Å²) in [6, 6.07) is 5.66. The molecule has 0 bridgehead atoms. The Kier molecular flexibility index (Phi) is 8.66. The van der Waals surface area contributed by atoms with E-state index in [9.17, 15) is 31.2 Å². The highest BCUT2D eigenvalue weighted by Crippen LogP contribution is 2.37. The third-order valence-corrected chi connectivity index (χ3v) is 6.71. The first-order chi connectivity index (χ1) is 15.7. The van der Waals surface area contributed by atoms with E-state index in [2.05, 4.69) is 10.0 Å². The number of piperidine rings is 1. The summed E-state index contributed by atoms with van der Waals surface area (Å²) >= 11 is 0. The summed E-state index contributed by atoms with van der Waals surface area (Å²) < 4.78 is 65.0. The van der Waals surface area contributed by atoms with Crippen molar-refractivity contribution < 1.29 is 45.8 Å². The number of halogens is 3. The van der Waals surface area contributed by atoms with Crippen molar-refractivity contribution in [3.63, 3.8) is 0 Å². The molecule has 1 aromatic carbocycles. The van der Waals surface area contributed by atoms with E-state index in [0.717, 1.165) is 25.9 Å². The molecule has 14 heteroatoms. The fourth-order valence-corrected chi connectivity index (χ4v) is 4.66. The van der Waals surface area contributed by atoms with Gasteiger partial charge in [0, 0.05) is 19.7 Å². The Morgan fingerprint density at radius 3 is 2.32 bits per heavy atom. The molecule has 0 aromatic heterocycles. The van der Waals surface area contributed by atoms with Crippen LogP contribution in [0.4, 0.5) is 13.2 Å². The largest absolute Gasteiger partial charge is 0.490 e. The minimum Gasteiger partial charge on any atom is -0.475 e. The standard InChI is InChI=1S/C18H25N3O5S.C2HF3O2/c1-21(2)17(23)13-4-3-5-15(10-13)27(24,25)20-16(22)14-11-18(26-12-14)6-8-19-9-7-18;3-2(4,5)1(6)7/h3-5,10,14,19H,6-9,11-12H2,1-2H3,(H,20,22);(H,6,7). The van der Waals surface area contributed by atoms with Crippen molar-refractivity contribution in [2.75, 3.05) is 33.8 Å². The number of ether oxygens (including phenoxy) is 1. The summed E-state index contributed by atoms with van der Waals surface area (Å²) in [5.41, 5.74) is -0.0807. The quantitative estimate of drug-likeness (QED) is 0.546. The van der Waals surface area contributed by atoms with Gasteiger partial charge in [0.25, 0.3) is 15.9 Å². The van der Waals surface area contributed by atoms with E-state index in [1.165, 1.54) is 29.2 Å². The number of carbonyl (C=O) groups is 3. The van der Waals surface area contributed by atoms with E-state index < -0.39 is 34.0 Å². The Morgan fingerprint density at radius 1 is 1.21 bits per heavy atom. The molecule has 1 atom stereocenters. The van der Waals surface area contributed by atoms with Gasteiger partial charge in [-0.05, 0) is 50.6 Å². The Balaban J connectivity index is 0.000000509. The summed E-state index contributed by atoms with van der Waals surface area (Å²) in [7, 11) is -0.889. The van der Waals surface area contributed by atoms with Crippen molar-refractivity contribution in [3.05, 3.63) is 29.8 Å². The Bertz CT molecular complexity index is 1020. The van der Waals surface area contributed by atoms with Gasteiger partial charge in [-0.25, -0.2) is 17.9 Å². The molecule has 2 amide bonds. The molecule has 0 aliphatic carbocycles. The number of sulfonamides is 1. The maximum atomic E-state index is 12.6. The van der Waals surface area contributed by atoms with Crippen LogP contribution in [-0.4, -0.2) is 81.8 Å². The van der Waals surface area contributed by atoms with Crippen molar-refractivity contribution in [2.24, 2.45) is 5.92 Å². The minimum atomic E-state index is -5.08. The second-order valence-corrected chi connectivity index (χ2v) is 9.83. The van der Waals surface area contributed by atoms with Crippen LogP contribution in [0.15, 0.2) is 29.2 Å². The molecule has 2 saturated heterocycles. The highest BCUT2D eigenvalue weighted by molar-refractivity contribution is 7.90.